The maximum atomic E-state index is 10.9. The highest BCUT2D eigenvalue weighted by molar-refractivity contribution is 5.93. The summed E-state index contributed by atoms with van der Waals surface area (Å²) in [4.78, 5) is 18.4. The standard InChI is InChI=1S/C14H11N3O2.2ClH/c15-10-4-1-8(2-5-10)13-16-11-6-3-9(14(18)19)7-12(11)17-13;;/h1-7H,15H2,(H,16,17)(H,18,19);2*1H. The van der Waals surface area contributed by atoms with Crippen molar-refractivity contribution in [3.05, 3.63) is 48.0 Å². The Bertz CT molecular complexity index is 769. The van der Waals surface area contributed by atoms with Crippen LogP contribution in [0.5, 0.6) is 0 Å². The van der Waals surface area contributed by atoms with E-state index in [1.165, 1.54) is 6.07 Å². The minimum absolute atomic E-state index is 0. The van der Waals surface area contributed by atoms with Crippen LogP contribution >= 0.6 is 24.8 Å². The first-order valence-electron chi connectivity index (χ1n) is 5.72. The number of halogens is 2. The van der Waals surface area contributed by atoms with E-state index < -0.39 is 5.97 Å². The van der Waals surface area contributed by atoms with Crippen LogP contribution in [0.2, 0.25) is 0 Å². The van der Waals surface area contributed by atoms with E-state index in [4.69, 9.17) is 10.8 Å². The van der Waals surface area contributed by atoms with E-state index in [1.807, 2.05) is 12.1 Å². The number of carboxylic acids is 1. The van der Waals surface area contributed by atoms with Crippen LogP contribution in [0, 0.1) is 0 Å². The highest BCUT2D eigenvalue weighted by Gasteiger charge is 2.08. The largest absolute Gasteiger partial charge is 0.478 e. The van der Waals surface area contributed by atoms with Crippen molar-refractivity contribution in [1.29, 1.82) is 0 Å². The number of fused-ring (bicyclic) bond motifs is 1. The van der Waals surface area contributed by atoms with E-state index in [9.17, 15) is 4.79 Å². The number of benzene rings is 2. The number of aromatic amines is 1. The van der Waals surface area contributed by atoms with E-state index in [-0.39, 0.29) is 30.4 Å². The molecule has 0 spiro atoms. The number of nitrogens with one attached hydrogen (secondary N) is 1. The summed E-state index contributed by atoms with van der Waals surface area (Å²) < 4.78 is 0. The number of imidazole rings is 1. The number of aromatic nitrogens is 2. The van der Waals surface area contributed by atoms with Gasteiger partial charge in [0.05, 0.1) is 16.6 Å². The molecule has 0 aliphatic carbocycles. The van der Waals surface area contributed by atoms with Gasteiger partial charge in [-0.05, 0) is 42.5 Å². The first kappa shape index (κ1) is 16.8. The molecule has 0 aliphatic heterocycles. The van der Waals surface area contributed by atoms with Crippen LogP contribution in [0.1, 0.15) is 10.4 Å². The summed E-state index contributed by atoms with van der Waals surface area (Å²) >= 11 is 0. The van der Waals surface area contributed by atoms with Crippen molar-refractivity contribution in [1.82, 2.24) is 9.97 Å². The van der Waals surface area contributed by atoms with Gasteiger partial charge in [0.25, 0.3) is 0 Å². The van der Waals surface area contributed by atoms with Crippen molar-refractivity contribution in [2.45, 2.75) is 0 Å². The van der Waals surface area contributed by atoms with Crippen LogP contribution in [-0.2, 0) is 0 Å². The Labute approximate surface area is 133 Å². The molecular formula is C14H13Cl2N3O2. The average molecular weight is 326 g/mol. The second kappa shape index (κ2) is 6.47. The van der Waals surface area contributed by atoms with Gasteiger partial charge < -0.3 is 15.8 Å². The number of hydrogen-bond donors (Lipinski definition) is 3. The van der Waals surface area contributed by atoms with Gasteiger partial charge in [-0.15, -0.1) is 24.8 Å². The molecule has 3 aromatic rings. The zero-order valence-electron chi connectivity index (χ0n) is 10.7. The van der Waals surface area contributed by atoms with E-state index in [0.29, 0.717) is 17.0 Å². The van der Waals surface area contributed by atoms with Gasteiger partial charge in [0.15, 0.2) is 0 Å². The summed E-state index contributed by atoms with van der Waals surface area (Å²) in [5.74, 6) is -0.261. The van der Waals surface area contributed by atoms with Crippen molar-refractivity contribution in [3.8, 4) is 11.4 Å². The number of nitrogens with two attached hydrogens (primary N) is 1. The van der Waals surface area contributed by atoms with Crippen LogP contribution < -0.4 is 5.73 Å². The SMILES string of the molecule is Cl.Cl.Nc1ccc(-c2nc3ccc(C(=O)O)cc3[nH]2)cc1. The summed E-state index contributed by atoms with van der Waals surface area (Å²) in [5, 5.41) is 8.95. The van der Waals surface area contributed by atoms with Crippen LogP contribution in [0.15, 0.2) is 42.5 Å². The summed E-state index contributed by atoms with van der Waals surface area (Å²) in [6.07, 6.45) is 0. The molecule has 110 valence electrons. The minimum atomic E-state index is -0.953. The van der Waals surface area contributed by atoms with Gasteiger partial charge in [-0.2, -0.15) is 0 Å². The number of carboxylic acid groups (broad SMARTS) is 1. The first-order chi connectivity index (χ1) is 9.13. The third kappa shape index (κ3) is 3.26. The topological polar surface area (TPSA) is 92.0 Å². The van der Waals surface area contributed by atoms with E-state index in [0.717, 1.165) is 11.1 Å². The molecule has 0 radical (unpaired) electrons. The smallest absolute Gasteiger partial charge is 0.335 e. The molecule has 0 saturated heterocycles. The zero-order valence-corrected chi connectivity index (χ0v) is 12.4. The predicted molar refractivity (Wildman–Crippen MR) is 87.4 cm³/mol. The van der Waals surface area contributed by atoms with Crippen molar-refractivity contribution in [3.63, 3.8) is 0 Å². The number of hydrogen-bond acceptors (Lipinski definition) is 3. The van der Waals surface area contributed by atoms with Crippen LogP contribution in [0.4, 0.5) is 5.69 Å². The normalized spacial score (nSPS) is 9.71. The number of aromatic carboxylic acids is 1. The number of carbonyl (C=O) groups is 1. The molecule has 4 N–H and O–H groups in total. The number of rotatable bonds is 2. The third-order valence-corrected chi connectivity index (χ3v) is 2.91. The van der Waals surface area contributed by atoms with Gasteiger partial charge in [0, 0.05) is 11.3 Å². The van der Waals surface area contributed by atoms with E-state index in [1.54, 1.807) is 24.3 Å². The minimum Gasteiger partial charge on any atom is -0.478 e. The quantitative estimate of drug-likeness (QED) is 0.630. The van der Waals surface area contributed by atoms with Gasteiger partial charge in [-0.25, -0.2) is 9.78 Å². The molecular weight excluding hydrogens is 313 g/mol. The lowest BCUT2D eigenvalue weighted by Gasteiger charge is -1.96. The van der Waals surface area contributed by atoms with Gasteiger partial charge in [0.1, 0.15) is 5.82 Å². The summed E-state index contributed by atoms with van der Waals surface area (Å²) in [7, 11) is 0. The van der Waals surface area contributed by atoms with Crippen molar-refractivity contribution >= 4 is 47.5 Å². The molecule has 21 heavy (non-hydrogen) atoms. The molecule has 1 heterocycles. The number of anilines is 1. The molecule has 0 saturated carbocycles. The first-order valence-corrected chi connectivity index (χ1v) is 5.72. The highest BCUT2D eigenvalue weighted by Crippen LogP contribution is 2.22. The molecule has 0 atom stereocenters. The molecule has 3 rings (SSSR count). The maximum absolute atomic E-state index is 10.9. The summed E-state index contributed by atoms with van der Waals surface area (Å²) in [6.45, 7) is 0. The Morgan fingerprint density at radius 1 is 1.10 bits per heavy atom. The van der Waals surface area contributed by atoms with E-state index >= 15 is 0 Å². The molecule has 7 heteroatoms. The molecule has 1 aromatic heterocycles. The van der Waals surface area contributed by atoms with Crippen LogP contribution in [0.25, 0.3) is 22.4 Å². The Kier molecular flexibility index (Phi) is 5.18. The van der Waals surface area contributed by atoms with Gasteiger partial charge in [-0.1, -0.05) is 0 Å². The summed E-state index contributed by atoms with van der Waals surface area (Å²) in [6, 6.07) is 12.1. The number of H-pyrrole nitrogens is 1. The van der Waals surface area contributed by atoms with Crippen molar-refractivity contribution in [2.24, 2.45) is 0 Å². The van der Waals surface area contributed by atoms with Crippen molar-refractivity contribution < 1.29 is 9.90 Å². The van der Waals surface area contributed by atoms with Gasteiger partial charge >= 0.3 is 5.97 Å². The molecule has 0 amide bonds. The monoisotopic (exact) mass is 325 g/mol. The fourth-order valence-corrected chi connectivity index (χ4v) is 1.92. The molecule has 0 aliphatic rings. The van der Waals surface area contributed by atoms with Crippen LogP contribution in [-0.4, -0.2) is 21.0 Å². The third-order valence-electron chi connectivity index (χ3n) is 2.91. The Hall–Kier alpha value is -2.24. The molecule has 0 unspecified atom stereocenters. The lowest BCUT2D eigenvalue weighted by Crippen LogP contribution is -1.94. The molecule has 0 bridgehead atoms. The van der Waals surface area contributed by atoms with Crippen molar-refractivity contribution in [2.75, 3.05) is 5.73 Å². The second-order valence-corrected chi connectivity index (χ2v) is 4.24. The fraction of sp³-hybridized carbons (Fsp3) is 0. The fourth-order valence-electron chi connectivity index (χ4n) is 1.92. The average Bonchev–Trinajstić information content (AvgIpc) is 2.82. The maximum Gasteiger partial charge on any atom is 0.335 e. The Morgan fingerprint density at radius 2 is 1.76 bits per heavy atom. The lowest BCUT2D eigenvalue weighted by molar-refractivity contribution is 0.0697. The zero-order chi connectivity index (χ0) is 13.4. The Balaban J connectivity index is 0.00000110. The van der Waals surface area contributed by atoms with E-state index in [2.05, 4.69) is 9.97 Å². The highest BCUT2D eigenvalue weighted by atomic mass is 35.5. The lowest BCUT2D eigenvalue weighted by atomic mass is 10.2. The van der Waals surface area contributed by atoms with Crippen LogP contribution in [0.3, 0.4) is 0 Å². The Morgan fingerprint density at radius 3 is 2.38 bits per heavy atom. The number of nitrogen functional groups attached to an aromatic ring is 1. The molecule has 2 aromatic carbocycles. The second-order valence-electron chi connectivity index (χ2n) is 4.24. The van der Waals surface area contributed by atoms with Gasteiger partial charge in [-0.3, -0.25) is 0 Å². The predicted octanol–water partition coefficient (Wildman–Crippen LogP) is 3.35. The summed E-state index contributed by atoms with van der Waals surface area (Å²) in [5.41, 5.74) is 8.90. The molecule has 5 nitrogen and oxygen atoms in total. The molecule has 0 fully saturated rings. The van der Waals surface area contributed by atoms with Gasteiger partial charge in [0.2, 0.25) is 0 Å². The number of nitrogens with zero attached hydrogens (tertiary/aromatic N) is 1.